The number of para-hydroxylation sites is 2. The van der Waals surface area contributed by atoms with Crippen LogP contribution in [-0.2, 0) is 21.4 Å². The molecule has 0 fully saturated rings. The van der Waals surface area contributed by atoms with Gasteiger partial charge in [0.25, 0.3) is 11.5 Å². The maximum atomic E-state index is 13.1. The number of hydrogen-bond acceptors (Lipinski definition) is 5. The van der Waals surface area contributed by atoms with E-state index < -0.39 is 18.5 Å². The Hall–Kier alpha value is -4.85. The molecule has 0 bridgehead atoms. The Bertz CT molecular complexity index is 1500. The summed E-state index contributed by atoms with van der Waals surface area (Å²) in [6.07, 6.45) is 1.66. The lowest BCUT2D eigenvalue weighted by molar-refractivity contribution is -0.141. The molecule has 8 heteroatoms. The Morgan fingerprint density at radius 2 is 1.54 bits per heavy atom. The van der Waals surface area contributed by atoms with E-state index in [1.165, 1.54) is 4.68 Å². The van der Waals surface area contributed by atoms with Crippen LogP contribution in [0.15, 0.2) is 89.7 Å². The summed E-state index contributed by atoms with van der Waals surface area (Å²) in [4.78, 5) is 38.9. The van der Waals surface area contributed by atoms with Gasteiger partial charge in [0, 0.05) is 12.6 Å². The van der Waals surface area contributed by atoms with Gasteiger partial charge in [-0.3, -0.25) is 14.3 Å². The van der Waals surface area contributed by atoms with Crippen LogP contribution in [-0.4, -0.2) is 35.0 Å². The van der Waals surface area contributed by atoms with E-state index in [1.807, 2.05) is 42.5 Å². The quantitative estimate of drug-likeness (QED) is 0.224. The van der Waals surface area contributed by atoms with Gasteiger partial charge in [-0.15, -0.1) is 0 Å². The first kappa shape index (κ1) is 25.2. The van der Waals surface area contributed by atoms with Crippen LogP contribution in [0.1, 0.15) is 16.8 Å². The third kappa shape index (κ3) is 5.54. The maximum Gasteiger partial charge on any atom is 0.339 e. The molecule has 0 aliphatic heterocycles. The standard InChI is InChI=1S/C29H27N3O5/c1-20-27(28(34)32(31(20)2)23-15-8-5-9-16-23)30-26(33)19-37-29(35)24(21-12-6-4-7-13-21)18-22-14-10-11-17-25(22)36-3/h4-18H,19H2,1-3H3,(H,30,33)/b24-18+. The summed E-state index contributed by atoms with van der Waals surface area (Å²) in [5.41, 5.74) is 2.55. The number of carbonyl (C=O) groups excluding carboxylic acids is 2. The van der Waals surface area contributed by atoms with Crippen molar-refractivity contribution < 1.29 is 19.1 Å². The minimum absolute atomic E-state index is 0.125. The van der Waals surface area contributed by atoms with Gasteiger partial charge in [-0.2, -0.15) is 0 Å². The van der Waals surface area contributed by atoms with Crippen molar-refractivity contribution in [2.75, 3.05) is 19.0 Å². The van der Waals surface area contributed by atoms with Gasteiger partial charge in [0.1, 0.15) is 11.4 Å². The Balaban J connectivity index is 1.54. The van der Waals surface area contributed by atoms with Crippen molar-refractivity contribution in [2.45, 2.75) is 6.92 Å². The minimum atomic E-state index is -0.682. The first-order valence-electron chi connectivity index (χ1n) is 11.6. The number of carbonyl (C=O) groups is 2. The fourth-order valence-corrected chi connectivity index (χ4v) is 3.92. The summed E-state index contributed by atoms with van der Waals surface area (Å²) in [5.74, 6) is -0.710. The van der Waals surface area contributed by atoms with Gasteiger partial charge >= 0.3 is 5.97 Å². The van der Waals surface area contributed by atoms with E-state index in [0.717, 1.165) is 0 Å². The first-order chi connectivity index (χ1) is 17.9. The zero-order chi connectivity index (χ0) is 26.4. The second-order valence-corrected chi connectivity index (χ2v) is 8.23. The van der Waals surface area contributed by atoms with Gasteiger partial charge in [-0.1, -0.05) is 66.7 Å². The molecule has 0 saturated heterocycles. The van der Waals surface area contributed by atoms with Crippen LogP contribution in [0.2, 0.25) is 0 Å². The highest BCUT2D eigenvalue weighted by molar-refractivity contribution is 6.22. The lowest BCUT2D eigenvalue weighted by atomic mass is 10.0. The molecule has 0 saturated carbocycles. The molecule has 37 heavy (non-hydrogen) atoms. The molecule has 1 heterocycles. The van der Waals surface area contributed by atoms with Crippen LogP contribution < -0.4 is 15.6 Å². The fourth-order valence-electron chi connectivity index (χ4n) is 3.92. The average molecular weight is 498 g/mol. The number of esters is 1. The van der Waals surface area contributed by atoms with Crippen LogP contribution in [0.5, 0.6) is 5.75 Å². The van der Waals surface area contributed by atoms with E-state index in [9.17, 15) is 14.4 Å². The monoisotopic (exact) mass is 497 g/mol. The predicted molar refractivity (Wildman–Crippen MR) is 143 cm³/mol. The number of hydrogen-bond donors (Lipinski definition) is 1. The van der Waals surface area contributed by atoms with E-state index in [0.29, 0.717) is 28.3 Å². The molecular formula is C29H27N3O5. The summed E-state index contributed by atoms with van der Waals surface area (Å²) in [6.45, 7) is 1.17. The van der Waals surface area contributed by atoms with Gasteiger partial charge in [0.2, 0.25) is 0 Å². The Kier molecular flexibility index (Phi) is 7.68. The van der Waals surface area contributed by atoms with Gasteiger partial charge in [-0.25, -0.2) is 9.48 Å². The smallest absolute Gasteiger partial charge is 0.339 e. The maximum absolute atomic E-state index is 13.1. The third-order valence-corrected chi connectivity index (χ3v) is 5.90. The SMILES string of the molecule is COc1ccccc1/C=C(/C(=O)OCC(=O)Nc1c(C)n(C)n(-c2ccccc2)c1=O)c1ccccc1. The summed E-state index contributed by atoms with van der Waals surface area (Å²) >= 11 is 0. The molecule has 8 nitrogen and oxygen atoms in total. The van der Waals surface area contributed by atoms with E-state index in [2.05, 4.69) is 5.32 Å². The molecule has 1 aromatic heterocycles. The molecule has 4 rings (SSSR count). The molecule has 0 aliphatic rings. The molecule has 0 radical (unpaired) electrons. The molecule has 4 aromatic rings. The Labute approximate surface area is 214 Å². The van der Waals surface area contributed by atoms with Gasteiger partial charge in [-0.05, 0) is 36.8 Å². The molecular weight excluding hydrogens is 470 g/mol. The second kappa shape index (κ2) is 11.3. The van der Waals surface area contributed by atoms with Crippen molar-refractivity contribution in [3.8, 4) is 11.4 Å². The van der Waals surface area contributed by atoms with Crippen molar-refractivity contribution >= 4 is 29.2 Å². The summed E-state index contributed by atoms with van der Waals surface area (Å²) < 4.78 is 13.9. The lowest BCUT2D eigenvalue weighted by Gasteiger charge is -2.11. The van der Waals surface area contributed by atoms with Crippen LogP contribution in [0.4, 0.5) is 5.69 Å². The zero-order valence-corrected chi connectivity index (χ0v) is 20.8. The molecule has 1 N–H and O–H groups in total. The highest BCUT2D eigenvalue weighted by Crippen LogP contribution is 2.25. The van der Waals surface area contributed by atoms with Crippen molar-refractivity contribution in [2.24, 2.45) is 7.05 Å². The van der Waals surface area contributed by atoms with Gasteiger partial charge in [0.15, 0.2) is 6.61 Å². The Morgan fingerprint density at radius 3 is 2.22 bits per heavy atom. The second-order valence-electron chi connectivity index (χ2n) is 8.23. The van der Waals surface area contributed by atoms with Crippen molar-refractivity contribution in [1.82, 2.24) is 9.36 Å². The number of nitrogens with zero attached hydrogens (tertiary/aromatic N) is 2. The van der Waals surface area contributed by atoms with Crippen molar-refractivity contribution in [3.63, 3.8) is 0 Å². The number of methoxy groups -OCH3 is 1. The fraction of sp³-hybridized carbons (Fsp3) is 0.138. The highest BCUT2D eigenvalue weighted by atomic mass is 16.5. The van der Waals surface area contributed by atoms with Crippen LogP contribution in [0, 0.1) is 6.92 Å². The number of ether oxygens (including phenoxy) is 2. The van der Waals surface area contributed by atoms with Crippen LogP contribution >= 0.6 is 0 Å². The molecule has 1 amide bonds. The minimum Gasteiger partial charge on any atom is -0.496 e. The van der Waals surface area contributed by atoms with Gasteiger partial charge in [0.05, 0.1) is 24.1 Å². The normalized spacial score (nSPS) is 11.2. The van der Waals surface area contributed by atoms with E-state index >= 15 is 0 Å². The number of amides is 1. The van der Waals surface area contributed by atoms with E-state index in [4.69, 9.17) is 9.47 Å². The number of rotatable bonds is 8. The van der Waals surface area contributed by atoms with Crippen molar-refractivity contribution in [3.05, 3.63) is 112 Å². The zero-order valence-electron chi connectivity index (χ0n) is 20.8. The largest absolute Gasteiger partial charge is 0.496 e. The highest BCUT2D eigenvalue weighted by Gasteiger charge is 2.20. The summed E-state index contributed by atoms with van der Waals surface area (Å²) in [6, 6.07) is 25.4. The van der Waals surface area contributed by atoms with E-state index in [-0.39, 0.29) is 16.8 Å². The number of benzene rings is 3. The average Bonchev–Trinajstić information content (AvgIpc) is 3.14. The van der Waals surface area contributed by atoms with Crippen LogP contribution in [0.3, 0.4) is 0 Å². The molecule has 188 valence electrons. The van der Waals surface area contributed by atoms with Crippen molar-refractivity contribution in [1.29, 1.82) is 0 Å². The third-order valence-electron chi connectivity index (χ3n) is 5.90. The molecule has 0 aliphatic carbocycles. The predicted octanol–water partition coefficient (Wildman–Crippen LogP) is 4.22. The number of aromatic nitrogens is 2. The number of nitrogens with one attached hydrogen (secondary N) is 1. The molecule has 0 spiro atoms. The molecule has 0 atom stereocenters. The topological polar surface area (TPSA) is 91.6 Å². The first-order valence-corrected chi connectivity index (χ1v) is 11.6. The van der Waals surface area contributed by atoms with E-state index in [1.54, 1.807) is 74.3 Å². The molecule has 0 unspecified atom stereocenters. The summed E-state index contributed by atoms with van der Waals surface area (Å²) in [7, 11) is 3.28. The van der Waals surface area contributed by atoms with Gasteiger partial charge < -0.3 is 14.8 Å². The Morgan fingerprint density at radius 1 is 0.919 bits per heavy atom. The summed E-state index contributed by atoms with van der Waals surface area (Å²) in [5, 5.41) is 2.60. The molecule has 3 aromatic carbocycles. The number of anilines is 1. The van der Waals surface area contributed by atoms with Crippen LogP contribution in [0.25, 0.3) is 17.3 Å². The lowest BCUT2D eigenvalue weighted by Crippen LogP contribution is -2.26.